The minimum absolute atomic E-state index is 0.0920. The van der Waals surface area contributed by atoms with E-state index in [4.69, 9.17) is 34.8 Å². The second kappa shape index (κ2) is 7.72. The molecule has 10 heteroatoms. The maximum atomic E-state index is 9.92. The fourth-order valence-corrected chi connectivity index (χ4v) is 3.42. The number of fused-ring (bicyclic) bond motifs is 1. The number of aliphatic hydroxyl groups is 1. The summed E-state index contributed by atoms with van der Waals surface area (Å²) in [6.45, 7) is 5.81. The largest absolute Gasteiger partial charge is 0.394 e. The Morgan fingerprint density at radius 3 is 2.57 bits per heavy atom. The Balaban J connectivity index is 2.34. The van der Waals surface area contributed by atoms with Gasteiger partial charge in [0.1, 0.15) is 22.6 Å². The van der Waals surface area contributed by atoms with Crippen molar-refractivity contribution in [1.82, 2.24) is 19.6 Å². The Labute approximate surface area is 176 Å². The number of nitrogens with one attached hydrogen (secondary N) is 1. The highest BCUT2D eigenvalue weighted by Crippen LogP contribution is 2.39. The van der Waals surface area contributed by atoms with E-state index in [1.54, 1.807) is 6.07 Å². The Kier molecular flexibility index (Phi) is 5.69. The fraction of sp³-hybridized carbons (Fsp3) is 0.333. The third-order valence-electron chi connectivity index (χ3n) is 4.31. The molecule has 0 fully saturated rings. The molecule has 0 unspecified atom stereocenters. The summed E-state index contributed by atoms with van der Waals surface area (Å²) >= 11 is 18.8. The molecule has 7 nitrogen and oxygen atoms in total. The van der Waals surface area contributed by atoms with E-state index in [1.165, 1.54) is 16.9 Å². The van der Waals surface area contributed by atoms with E-state index >= 15 is 0 Å². The number of hydrogen-bond acceptors (Lipinski definition) is 6. The monoisotopic (exact) mass is 438 g/mol. The number of anilines is 1. The molecule has 0 spiro atoms. The van der Waals surface area contributed by atoms with E-state index in [1.807, 2.05) is 26.8 Å². The molecule has 0 aromatic carbocycles. The Morgan fingerprint density at radius 1 is 1.29 bits per heavy atom. The average molecular weight is 440 g/mol. The summed E-state index contributed by atoms with van der Waals surface area (Å²) in [6, 6.07) is 3.23. The molecule has 0 bridgehead atoms. The molecule has 0 aliphatic rings. The first-order chi connectivity index (χ1) is 13.2. The van der Waals surface area contributed by atoms with Crippen molar-refractivity contribution >= 4 is 46.3 Å². The van der Waals surface area contributed by atoms with Gasteiger partial charge in [0.05, 0.1) is 40.1 Å². The van der Waals surface area contributed by atoms with Gasteiger partial charge in [0.15, 0.2) is 5.65 Å². The summed E-state index contributed by atoms with van der Waals surface area (Å²) in [5.74, 6) is 0.419. The van der Waals surface area contributed by atoms with Crippen LogP contribution >= 0.6 is 34.8 Å². The van der Waals surface area contributed by atoms with Crippen LogP contribution in [0, 0.1) is 16.7 Å². The van der Waals surface area contributed by atoms with Crippen LogP contribution in [0.15, 0.2) is 18.5 Å². The average Bonchev–Trinajstić information content (AvgIpc) is 3.01. The van der Waals surface area contributed by atoms with Gasteiger partial charge in [-0.1, -0.05) is 55.6 Å². The van der Waals surface area contributed by atoms with Crippen molar-refractivity contribution < 1.29 is 5.11 Å². The Hall–Kier alpha value is -2.11. The molecule has 0 saturated heterocycles. The Morgan fingerprint density at radius 2 is 2.00 bits per heavy atom. The lowest BCUT2D eigenvalue weighted by atomic mass is 9.87. The van der Waals surface area contributed by atoms with E-state index in [2.05, 4.69) is 20.4 Å². The molecule has 2 N–H and O–H groups in total. The van der Waals surface area contributed by atoms with E-state index in [0.29, 0.717) is 22.1 Å². The van der Waals surface area contributed by atoms with Crippen molar-refractivity contribution in [3.63, 3.8) is 0 Å². The molecule has 0 radical (unpaired) electrons. The lowest BCUT2D eigenvalue weighted by molar-refractivity contribution is 0.201. The number of pyridine rings is 1. The predicted octanol–water partition coefficient (Wildman–Crippen LogP) is 4.44. The van der Waals surface area contributed by atoms with Crippen LogP contribution in [-0.4, -0.2) is 37.3 Å². The molecule has 3 rings (SSSR count). The number of aliphatic hydroxyl groups excluding tert-OH is 1. The molecule has 1 atom stereocenters. The number of nitriles is 1. The number of halogens is 3. The van der Waals surface area contributed by atoms with Crippen molar-refractivity contribution in [3.8, 4) is 17.3 Å². The molecule has 0 aliphatic carbocycles. The number of hydrogen-bond donors (Lipinski definition) is 2. The van der Waals surface area contributed by atoms with Gasteiger partial charge in [-0.25, -0.2) is 4.98 Å². The van der Waals surface area contributed by atoms with E-state index < -0.39 is 0 Å². The molecule has 0 aliphatic heterocycles. The van der Waals surface area contributed by atoms with Gasteiger partial charge in [0.25, 0.3) is 0 Å². The van der Waals surface area contributed by atoms with Crippen LogP contribution < -0.4 is 5.32 Å². The third-order valence-corrected chi connectivity index (χ3v) is 5.08. The fourth-order valence-electron chi connectivity index (χ4n) is 2.69. The smallest absolute Gasteiger partial charge is 0.176 e. The van der Waals surface area contributed by atoms with Crippen molar-refractivity contribution in [2.24, 2.45) is 5.41 Å². The molecule has 0 amide bonds. The highest BCUT2D eigenvalue weighted by atomic mass is 35.5. The zero-order valence-electron chi connectivity index (χ0n) is 15.3. The SMILES string of the molecule is CC(C)(C)[C@@H](CO)Nc1c(-c2ncc(Cl)cc2Cl)c(Cl)nc2c(C#N)cnn12. The zero-order valence-corrected chi connectivity index (χ0v) is 17.6. The van der Waals surface area contributed by atoms with Crippen molar-refractivity contribution in [3.05, 3.63) is 39.2 Å². The van der Waals surface area contributed by atoms with Crippen molar-refractivity contribution in [1.29, 1.82) is 5.26 Å². The molecule has 3 aromatic heterocycles. The highest BCUT2D eigenvalue weighted by molar-refractivity contribution is 6.37. The molecule has 146 valence electrons. The summed E-state index contributed by atoms with van der Waals surface area (Å²) < 4.78 is 1.46. The topological polar surface area (TPSA) is 99.1 Å². The second-order valence-corrected chi connectivity index (χ2v) is 8.46. The lowest BCUT2D eigenvalue weighted by Gasteiger charge is -2.31. The summed E-state index contributed by atoms with van der Waals surface area (Å²) in [4.78, 5) is 8.61. The first kappa shape index (κ1) is 20.6. The first-order valence-corrected chi connectivity index (χ1v) is 9.47. The second-order valence-electron chi connectivity index (χ2n) is 7.26. The Bertz CT molecular complexity index is 1080. The van der Waals surface area contributed by atoms with Gasteiger partial charge in [0, 0.05) is 6.20 Å². The van der Waals surface area contributed by atoms with Crippen LogP contribution in [0.3, 0.4) is 0 Å². The van der Waals surface area contributed by atoms with Gasteiger partial charge >= 0.3 is 0 Å². The van der Waals surface area contributed by atoms with Gasteiger partial charge in [-0.3, -0.25) is 4.98 Å². The van der Waals surface area contributed by atoms with Crippen molar-refractivity contribution in [2.45, 2.75) is 26.8 Å². The molecule has 3 aromatic rings. The molecular weight excluding hydrogens is 423 g/mol. The van der Waals surface area contributed by atoms with Crippen LogP contribution in [-0.2, 0) is 0 Å². The predicted molar refractivity (Wildman–Crippen MR) is 110 cm³/mol. The number of nitrogens with zero attached hydrogens (tertiary/aromatic N) is 5. The molecule has 3 heterocycles. The molecule has 28 heavy (non-hydrogen) atoms. The highest BCUT2D eigenvalue weighted by Gasteiger charge is 2.28. The molecule has 0 saturated carbocycles. The van der Waals surface area contributed by atoms with E-state index in [-0.39, 0.29) is 39.5 Å². The summed E-state index contributed by atoms with van der Waals surface area (Å²) in [6.07, 6.45) is 2.85. The van der Waals surface area contributed by atoms with Gasteiger partial charge in [-0.05, 0) is 11.5 Å². The zero-order chi connectivity index (χ0) is 20.6. The summed E-state index contributed by atoms with van der Waals surface area (Å²) in [5, 5.41) is 27.5. The van der Waals surface area contributed by atoms with Gasteiger partial charge < -0.3 is 10.4 Å². The molecular formula is C18H17Cl3N6O. The van der Waals surface area contributed by atoms with Gasteiger partial charge in [-0.15, -0.1) is 0 Å². The number of rotatable bonds is 4. The normalized spacial score (nSPS) is 12.8. The van der Waals surface area contributed by atoms with Gasteiger partial charge in [0.2, 0.25) is 0 Å². The van der Waals surface area contributed by atoms with Crippen molar-refractivity contribution in [2.75, 3.05) is 11.9 Å². The van der Waals surface area contributed by atoms with Crippen LogP contribution in [0.2, 0.25) is 15.2 Å². The quantitative estimate of drug-likeness (QED) is 0.583. The lowest BCUT2D eigenvalue weighted by Crippen LogP contribution is -2.38. The minimum atomic E-state index is -0.353. The van der Waals surface area contributed by atoms with Crippen LogP contribution in [0.25, 0.3) is 16.9 Å². The minimum Gasteiger partial charge on any atom is -0.394 e. The standard InChI is InChI=1S/C18H17Cl3N6O/c1-18(2,3)12(8-28)25-17-13(14-11(20)4-10(19)7-23-14)15(21)26-16-9(5-22)6-24-27(16)17/h4,6-7,12,25,28H,8H2,1-3H3/t12-/m1/s1. The van der Waals surface area contributed by atoms with E-state index in [9.17, 15) is 10.4 Å². The third kappa shape index (κ3) is 3.74. The maximum absolute atomic E-state index is 9.92. The summed E-state index contributed by atoms with van der Waals surface area (Å²) in [5.41, 5.74) is 1.01. The van der Waals surface area contributed by atoms with Crippen LogP contribution in [0.1, 0.15) is 26.3 Å². The van der Waals surface area contributed by atoms with Crippen LogP contribution in [0.4, 0.5) is 5.82 Å². The van der Waals surface area contributed by atoms with E-state index in [0.717, 1.165) is 0 Å². The summed E-state index contributed by atoms with van der Waals surface area (Å²) in [7, 11) is 0. The van der Waals surface area contributed by atoms with Gasteiger partial charge in [-0.2, -0.15) is 14.9 Å². The first-order valence-electron chi connectivity index (χ1n) is 8.33. The maximum Gasteiger partial charge on any atom is 0.176 e. The number of aromatic nitrogens is 4. The van der Waals surface area contributed by atoms with Crippen LogP contribution in [0.5, 0.6) is 0 Å².